The molecule has 2 saturated carbocycles. The van der Waals surface area contributed by atoms with E-state index in [4.69, 9.17) is 11.6 Å². The summed E-state index contributed by atoms with van der Waals surface area (Å²) in [6, 6.07) is 12.4. The van der Waals surface area contributed by atoms with Crippen LogP contribution in [0.2, 0.25) is 5.02 Å². The first-order valence-electron chi connectivity index (χ1n) is 10.4. The van der Waals surface area contributed by atoms with Crippen molar-refractivity contribution in [3.05, 3.63) is 52.5 Å². The zero-order chi connectivity index (χ0) is 18.6. The van der Waals surface area contributed by atoms with E-state index in [0.29, 0.717) is 17.3 Å². The van der Waals surface area contributed by atoms with Gasteiger partial charge in [0.15, 0.2) is 0 Å². The monoisotopic (exact) mass is 380 g/mol. The molecule has 27 heavy (non-hydrogen) atoms. The molecule has 5 rings (SSSR count). The molecule has 0 heterocycles. The summed E-state index contributed by atoms with van der Waals surface area (Å²) >= 11 is 6.51. The van der Waals surface area contributed by atoms with Gasteiger partial charge in [-0.3, -0.25) is 0 Å². The van der Waals surface area contributed by atoms with Crippen molar-refractivity contribution in [2.75, 3.05) is 0 Å². The van der Waals surface area contributed by atoms with E-state index in [1.807, 2.05) is 12.1 Å². The predicted octanol–water partition coefficient (Wildman–Crippen LogP) is 4.67. The highest BCUT2D eigenvalue weighted by molar-refractivity contribution is 6.58. The summed E-state index contributed by atoms with van der Waals surface area (Å²) < 4.78 is 0. The Morgan fingerprint density at radius 3 is 1.85 bits per heavy atom. The summed E-state index contributed by atoms with van der Waals surface area (Å²) in [7, 11) is -1.42. The van der Waals surface area contributed by atoms with Crippen LogP contribution in [0, 0.1) is 11.8 Å². The molecule has 0 amide bonds. The average Bonchev–Trinajstić information content (AvgIpc) is 3.40. The number of halogens is 1. The molecule has 2 aromatic carbocycles. The Hall–Kier alpha value is -1.29. The van der Waals surface area contributed by atoms with Crippen LogP contribution >= 0.6 is 11.6 Å². The Morgan fingerprint density at radius 1 is 0.778 bits per heavy atom. The zero-order valence-corrected chi connectivity index (χ0v) is 16.4. The Kier molecular flexibility index (Phi) is 4.38. The molecule has 0 bridgehead atoms. The minimum atomic E-state index is -1.42. The number of hydrogen-bond donors (Lipinski definition) is 2. The molecule has 0 atom stereocenters. The number of benzene rings is 2. The van der Waals surface area contributed by atoms with E-state index in [9.17, 15) is 10.0 Å². The lowest BCUT2D eigenvalue weighted by molar-refractivity contribution is 0.223. The van der Waals surface area contributed by atoms with Crippen molar-refractivity contribution >= 4 is 24.2 Å². The SMILES string of the molecule is OB(O)c1ccc2c(c1)C(C1CCCC1)(C1CCCC1)c1cc(Cl)ccc1-2. The smallest absolute Gasteiger partial charge is 0.423 e. The fraction of sp³-hybridized carbons (Fsp3) is 0.478. The van der Waals surface area contributed by atoms with E-state index in [2.05, 4.69) is 24.3 Å². The van der Waals surface area contributed by atoms with Gasteiger partial charge >= 0.3 is 7.12 Å². The fourth-order valence-electron chi connectivity index (χ4n) is 6.51. The second kappa shape index (κ2) is 6.65. The third-order valence-electron chi connectivity index (χ3n) is 7.50. The highest BCUT2D eigenvalue weighted by Gasteiger charge is 2.54. The second-order valence-corrected chi connectivity index (χ2v) is 9.14. The van der Waals surface area contributed by atoms with Gasteiger partial charge in [-0.05, 0) is 77.4 Å². The first kappa shape index (κ1) is 17.8. The molecular formula is C23H26BClO2. The third kappa shape index (κ3) is 2.55. The van der Waals surface area contributed by atoms with Crippen molar-refractivity contribution in [1.29, 1.82) is 0 Å². The summed E-state index contributed by atoms with van der Waals surface area (Å²) in [6.07, 6.45) is 10.2. The molecular weight excluding hydrogens is 355 g/mol. The van der Waals surface area contributed by atoms with Crippen molar-refractivity contribution in [3.8, 4) is 11.1 Å². The van der Waals surface area contributed by atoms with Crippen molar-refractivity contribution in [2.24, 2.45) is 11.8 Å². The Labute approximate surface area is 166 Å². The van der Waals surface area contributed by atoms with Crippen molar-refractivity contribution in [2.45, 2.75) is 56.8 Å². The highest BCUT2D eigenvalue weighted by Crippen LogP contribution is 2.62. The summed E-state index contributed by atoms with van der Waals surface area (Å²) in [6.45, 7) is 0. The van der Waals surface area contributed by atoms with Crippen LogP contribution in [0.5, 0.6) is 0 Å². The van der Waals surface area contributed by atoms with Gasteiger partial charge < -0.3 is 10.0 Å². The van der Waals surface area contributed by atoms with Crippen LogP contribution in [-0.4, -0.2) is 17.2 Å². The number of hydrogen-bond acceptors (Lipinski definition) is 2. The zero-order valence-electron chi connectivity index (χ0n) is 15.6. The molecule has 0 radical (unpaired) electrons. The maximum atomic E-state index is 9.85. The molecule has 0 aromatic heterocycles. The first-order valence-corrected chi connectivity index (χ1v) is 10.8. The Balaban J connectivity index is 1.82. The standard InChI is InChI=1S/C23H26BClO2/c25-18-10-12-20-19-11-9-17(24(26)27)13-21(19)23(22(20)14-18,15-5-1-2-6-15)16-7-3-4-8-16/h9-16,26-27H,1-8H2. The van der Waals surface area contributed by atoms with E-state index < -0.39 is 7.12 Å². The minimum absolute atomic E-state index is 0.0204. The van der Waals surface area contributed by atoms with Crippen LogP contribution in [0.25, 0.3) is 11.1 Å². The lowest BCUT2D eigenvalue weighted by Crippen LogP contribution is -2.41. The van der Waals surface area contributed by atoms with Gasteiger partial charge in [0.1, 0.15) is 0 Å². The van der Waals surface area contributed by atoms with Crippen LogP contribution in [0.3, 0.4) is 0 Å². The molecule has 0 aliphatic heterocycles. The van der Waals surface area contributed by atoms with Gasteiger partial charge in [0.05, 0.1) is 0 Å². The van der Waals surface area contributed by atoms with Gasteiger partial charge in [-0.2, -0.15) is 0 Å². The Morgan fingerprint density at radius 2 is 1.30 bits per heavy atom. The molecule has 3 aliphatic carbocycles. The fourth-order valence-corrected chi connectivity index (χ4v) is 6.69. The molecule has 3 aliphatic rings. The quantitative estimate of drug-likeness (QED) is 0.760. The van der Waals surface area contributed by atoms with E-state index in [0.717, 1.165) is 5.02 Å². The van der Waals surface area contributed by atoms with E-state index in [-0.39, 0.29) is 5.41 Å². The number of fused-ring (bicyclic) bond motifs is 3. The van der Waals surface area contributed by atoms with E-state index >= 15 is 0 Å². The predicted molar refractivity (Wildman–Crippen MR) is 111 cm³/mol. The molecule has 0 spiro atoms. The average molecular weight is 381 g/mol. The van der Waals surface area contributed by atoms with Gasteiger partial charge in [0, 0.05) is 10.4 Å². The van der Waals surface area contributed by atoms with Crippen LogP contribution in [0.1, 0.15) is 62.5 Å². The van der Waals surface area contributed by atoms with Gasteiger partial charge in [0.25, 0.3) is 0 Å². The summed E-state index contributed by atoms with van der Waals surface area (Å²) in [5, 5.41) is 20.5. The molecule has 0 saturated heterocycles. The van der Waals surface area contributed by atoms with Crippen molar-refractivity contribution < 1.29 is 10.0 Å². The largest absolute Gasteiger partial charge is 0.488 e. The van der Waals surface area contributed by atoms with Crippen LogP contribution in [0.4, 0.5) is 0 Å². The van der Waals surface area contributed by atoms with Crippen molar-refractivity contribution in [1.82, 2.24) is 0 Å². The summed E-state index contributed by atoms with van der Waals surface area (Å²) in [4.78, 5) is 0. The maximum absolute atomic E-state index is 9.85. The van der Waals surface area contributed by atoms with Crippen LogP contribution in [-0.2, 0) is 5.41 Å². The molecule has 2 fully saturated rings. The normalized spacial score (nSPS) is 21.4. The second-order valence-electron chi connectivity index (χ2n) is 8.70. The molecule has 140 valence electrons. The van der Waals surface area contributed by atoms with Gasteiger partial charge in [0.2, 0.25) is 0 Å². The van der Waals surface area contributed by atoms with Gasteiger partial charge in [-0.25, -0.2) is 0 Å². The highest BCUT2D eigenvalue weighted by atomic mass is 35.5. The topological polar surface area (TPSA) is 40.5 Å². The Bertz CT molecular complexity index is 851. The first-order chi connectivity index (χ1) is 13.1. The molecule has 2 aromatic rings. The summed E-state index contributed by atoms with van der Waals surface area (Å²) in [5.74, 6) is 1.23. The molecule has 2 N–H and O–H groups in total. The van der Waals surface area contributed by atoms with Gasteiger partial charge in [-0.15, -0.1) is 0 Å². The molecule has 4 heteroatoms. The van der Waals surface area contributed by atoms with Crippen molar-refractivity contribution in [3.63, 3.8) is 0 Å². The van der Waals surface area contributed by atoms with E-state index in [1.165, 1.54) is 73.6 Å². The van der Waals surface area contributed by atoms with Crippen LogP contribution < -0.4 is 5.46 Å². The lowest BCUT2D eigenvalue weighted by atomic mass is 9.59. The lowest BCUT2D eigenvalue weighted by Gasteiger charge is -2.43. The third-order valence-corrected chi connectivity index (χ3v) is 7.74. The maximum Gasteiger partial charge on any atom is 0.488 e. The number of rotatable bonds is 3. The molecule has 2 nitrogen and oxygen atoms in total. The van der Waals surface area contributed by atoms with Gasteiger partial charge in [-0.1, -0.05) is 61.5 Å². The minimum Gasteiger partial charge on any atom is -0.423 e. The summed E-state index contributed by atoms with van der Waals surface area (Å²) in [5.41, 5.74) is 5.87. The van der Waals surface area contributed by atoms with Crippen LogP contribution in [0.15, 0.2) is 36.4 Å². The van der Waals surface area contributed by atoms with E-state index in [1.54, 1.807) is 0 Å². The molecule has 0 unspecified atom stereocenters.